The van der Waals surface area contributed by atoms with Crippen LogP contribution in [0.5, 0.6) is 0 Å². The number of carbonyl (C=O) groups is 1. The molecule has 2 amide bonds. The van der Waals surface area contributed by atoms with Gasteiger partial charge in [0.05, 0.1) is 5.54 Å². The van der Waals surface area contributed by atoms with Crippen LogP contribution in [0.2, 0.25) is 0 Å². The Bertz CT molecular complexity index is 769. The quantitative estimate of drug-likeness (QED) is 0.402. The maximum Gasteiger partial charge on any atom is 0.320 e. The predicted molar refractivity (Wildman–Crippen MR) is 131 cm³/mol. The monoisotopic (exact) mass is 442 g/mol. The highest BCUT2D eigenvalue weighted by molar-refractivity contribution is 5.78. The van der Waals surface area contributed by atoms with Gasteiger partial charge in [0, 0.05) is 50.8 Å². The highest BCUT2D eigenvalue weighted by Gasteiger charge is 2.54. The maximum atomic E-state index is 13.6. The number of benzene rings is 1. The first-order chi connectivity index (χ1) is 15.2. The van der Waals surface area contributed by atoms with Gasteiger partial charge in [0.1, 0.15) is 0 Å². The summed E-state index contributed by atoms with van der Waals surface area (Å²) in [6.07, 6.45) is 4.98. The van der Waals surface area contributed by atoms with Crippen molar-refractivity contribution < 1.29 is 9.53 Å². The molecule has 6 nitrogen and oxygen atoms in total. The SMILES string of the molecule is C=NCC(C)(C)CN1CC2(CCC(c3ccccc3)(N(C)C)CC2)N(CCCOC)C1=O. The van der Waals surface area contributed by atoms with Crippen molar-refractivity contribution in [2.45, 2.75) is 57.0 Å². The van der Waals surface area contributed by atoms with Crippen molar-refractivity contribution in [2.24, 2.45) is 10.4 Å². The minimum absolute atomic E-state index is 0.0210. The molecule has 3 rings (SSSR count). The third-order valence-corrected chi connectivity index (χ3v) is 7.62. The Morgan fingerprint density at radius 3 is 2.38 bits per heavy atom. The Balaban J connectivity index is 1.84. The summed E-state index contributed by atoms with van der Waals surface area (Å²) < 4.78 is 5.30. The third-order valence-electron chi connectivity index (χ3n) is 7.62. The van der Waals surface area contributed by atoms with Crippen molar-refractivity contribution >= 4 is 12.7 Å². The van der Waals surface area contributed by atoms with Crippen LogP contribution in [0.25, 0.3) is 0 Å². The van der Waals surface area contributed by atoms with Crippen molar-refractivity contribution in [2.75, 3.05) is 54.0 Å². The topological polar surface area (TPSA) is 48.4 Å². The Morgan fingerprint density at radius 2 is 1.81 bits per heavy atom. The van der Waals surface area contributed by atoms with Crippen LogP contribution in [0.15, 0.2) is 35.3 Å². The number of rotatable bonds is 10. The van der Waals surface area contributed by atoms with Gasteiger partial charge in [0.2, 0.25) is 0 Å². The average molecular weight is 443 g/mol. The van der Waals surface area contributed by atoms with Gasteiger partial charge in [-0.3, -0.25) is 4.90 Å². The van der Waals surface area contributed by atoms with Crippen LogP contribution >= 0.6 is 0 Å². The van der Waals surface area contributed by atoms with E-state index in [1.165, 1.54) is 5.56 Å². The lowest BCUT2D eigenvalue weighted by molar-refractivity contribution is 0.0220. The fraction of sp³-hybridized carbons (Fsp3) is 0.692. The molecule has 0 N–H and O–H groups in total. The van der Waals surface area contributed by atoms with Gasteiger partial charge >= 0.3 is 6.03 Å². The van der Waals surface area contributed by atoms with Crippen molar-refractivity contribution in [1.82, 2.24) is 14.7 Å². The minimum atomic E-state index is -0.100. The van der Waals surface area contributed by atoms with Crippen LogP contribution in [-0.4, -0.2) is 87.0 Å². The lowest BCUT2D eigenvalue weighted by Crippen LogP contribution is -2.55. The molecule has 0 bridgehead atoms. The summed E-state index contributed by atoms with van der Waals surface area (Å²) in [5.41, 5.74) is 1.22. The van der Waals surface area contributed by atoms with E-state index in [1.807, 2.05) is 0 Å². The molecule has 1 aliphatic heterocycles. The lowest BCUT2D eigenvalue weighted by atomic mass is 9.68. The highest BCUT2D eigenvalue weighted by atomic mass is 16.5. The molecule has 6 heteroatoms. The Labute approximate surface area is 194 Å². The van der Waals surface area contributed by atoms with E-state index in [1.54, 1.807) is 7.11 Å². The summed E-state index contributed by atoms with van der Waals surface area (Å²) in [4.78, 5) is 24.3. The van der Waals surface area contributed by atoms with Crippen molar-refractivity contribution in [3.05, 3.63) is 35.9 Å². The molecule has 1 heterocycles. The lowest BCUT2D eigenvalue weighted by Gasteiger charge is -2.51. The summed E-state index contributed by atoms with van der Waals surface area (Å²) in [5, 5.41) is 0. The van der Waals surface area contributed by atoms with Gasteiger partial charge in [-0.2, -0.15) is 0 Å². The van der Waals surface area contributed by atoms with E-state index < -0.39 is 0 Å². The largest absolute Gasteiger partial charge is 0.385 e. The standard InChI is InChI=1S/C26H42N4O2/c1-24(2,19-27-3)20-29-21-25(30(23(29)31)17-10-18-32-6)13-15-26(16-14-25,28(4)5)22-11-8-7-9-12-22/h7-9,11-12H,3,10,13-21H2,1-2,4-6H3. The summed E-state index contributed by atoms with van der Waals surface area (Å²) >= 11 is 0. The van der Waals surface area contributed by atoms with Crippen LogP contribution in [0.4, 0.5) is 4.79 Å². The zero-order chi connectivity index (χ0) is 23.4. The fourth-order valence-electron chi connectivity index (χ4n) is 5.87. The number of methoxy groups -OCH3 is 1. The van der Waals surface area contributed by atoms with E-state index in [9.17, 15) is 4.79 Å². The zero-order valence-corrected chi connectivity index (χ0v) is 20.8. The zero-order valence-electron chi connectivity index (χ0n) is 20.8. The van der Waals surface area contributed by atoms with E-state index in [0.29, 0.717) is 19.7 Å². The van der Waals surface area contributed by atoms with E-state index in [4.69, 9.17) is 4.74 Å². The van der Waals surface area contributed by atoms with Crippen LogP contribution in [-0.2, 0) is 10.3 Å². The summed E-state index contributed by atoms with van der Waals surface area (Å²) in [5.74, 6) is 0. The Morgan fingerprint density at radius 1 is 1.16 bits per heavy atom. The molecule has 2 aliphatic rings. The molecule has 0 aromatic heterocycles. The number of urea groups is 1. The molecule has 1 aromatic carbocycles. The normalized spacial score (nSPS) is 26.4. The fourth-order valence-corrected chi connectivity index (χ4v) is 5.87. The van der Waals surface area contributed by atoms with Crippen molar-refractivity contribution in [1.29, 1.82) is 0 Å². The minimum Gasteiger partial charge on any atom is -0.385 e. The van der Waals surface area contributed by atoms with E-state index >= 15 is 0 Å². The number of ether oxygens (including phenoxy) is 1. The molecule has 0 unspecified atom stereocenters. The van der Waals surface area contributed by atoms with Gasteiger partial charge in [-0.15, -0.1) is 0 Å². The van der Waals surface area contributed by atoms with Gasteiger partial charge in [0.15, 0.2) is 0 Å². The molecule has 1 aromatic rings. The van der Waals surface area contributed by atoms with Crippen molar-refractivity contribution in [3.63, 3.8) is 0 Å². The first-order valence-electron chi connectivity index (χ1n) is 11.9. The second kappa shape index (κ2) is 9.92. The molecule has 2 fully saturated rings. The second-order valence-electron chi connectivity index (χ2n) is 10.7. The molecule has 1 aliphatic carbocycles. The summed E-state index contributed by atoms with van der Waals surface area (Å²) in [6, 6.07) is 11.0. The average Bonchev–Trinajstić information content (AvgIpc) is 3.00. The maximum absolute atomic E-state index is 13.6. The number of hydrogen-bond acceptors (Lipinski definition) is 4. The van der Waals surface area contributed by atoms with Crippen molar-refractivity contribution in [3.8, 4) is 0 Å². The van der Waals surface area contributed by atoms with Gasteiger partial charge in [0.25, 0.3) is 0 Å². The molecule has 0 radical (unpaired) electrons. The van der Waals surface area contributed by atoms with Crippen LogP contribution < -0.4 is 0 Å². The van der Waals surface area contributed by atoms with Gasteiger partial charge < -0.3 is 19.5 Å². The number of aliphatic imine (C=N–C) groups is 1. The van der Waals surface area contributed by atoms with Gasteiger partial charge in [-0.05, 0) is 58.5 Å². The first kappa shape index (κ1) is 24.7. The van der Waals surface area contributed by atoms with Gasteiger partial charge in [-0.25, -0.2) is 4.79 Å². The molecule has 1 saturated heterocycles. The number of hydrogen-bond donors (Lipinski definition) is 0. The van der Waals surface area contributed by atoms with Crippen LogP contribution in [0.3, 0.4) is 0 Å². The first-order valence-corrected chi connectivity index (χ1v) is 11.9. The Hall–Kier alpha value is -1.92. The third kappa shape index (κ3) is 4.86. The van der Waals surface area contributed by atoms with Crippen LogP contribution in [0, 0.1) is 5.41 Å². The van der Waals surface area contributed by atoms with E-state index in [0.717, 1.165) is 45.2 Å². The molecular formula is C26H42N4O2. The summed E-state index contributed by atoms with van der Waals surface area (Å²) in [7, 11) is 6.11. The molecule has 1 spiro atoms. The Kier molecular flexibility index (Phi) is 7.66. The second-order valence-corrected chi connectivity index (χ2v) is 10.7. The van der Waals surface area contributed by atoms with E-state index in [-0.39, 0.29) is 22.5 Å². The highest BCUT2D eigenvalue weighted by Crippen LogP contribution is 2.49. The number of amides is 2. The number of carbonyl (C=O) groups excluding carboxylic acids is 1. The van der Waals surface area contributed by atoms with Gasteiger partial charge in [-0.1, -0.05) is 44.2 Å². The summed E-state index contributed by atoms with van der Waals surface area (Å²) in [6.45, 7) is 11.6. The number of nitrogens with zero attached hydrogens (tertiary/aromatic N) is 4. The van der Waals surface area contributed by atoms with Crippen LogP contribution in [0.1, 0.15) is 51.5 Å². The van der Waals surface area contributed by atoms with E-state index in [2.05, 4.69) is 84.7 Å². The molecule has 0 atom stereocenters. The molecule has 32 heavy (non-hydrogen) atoms. The predicted octanol–water partition coefficient (Wildman–Crippen LogP) is 4.26. The molecular weight excluding hydrogens is 400 g/mol. The molecule has 178 valence electrons. The molecule has 1 saturated carbocycles. The smallest absolute Gasteiger partial charge is 0.320 e.